The highest BCUT2D eigenvalue weighted by molar-refractivity contribution is 7.47. The molecule has 0 aliphatic heterocycles. The van der Waals surface area contributed by atoms with Crippen LogP contribution in [0, 0.1) is 12.3 Å². The molecule has 0 aliphatic rings. The van der Waals surface area contributed by atoms with Crippen LogP contribution in [-0.4, -0.2) is 11.5 Å². The average Bonchev–Trinajstić information content (AvgIpc) is 2.25. The SMILES string of the molecule is C#CCCCOP(=O)(O)Oc1ccccc1. The number of benzene rings is 1. The molecule has 0 aliphatic carbocycles. The highest BCUT2D eigenvalue weighted by atomic mass is 31.2. The van der Waals surface area contributed by atoms with Gasteiger partial charge in [-0.2, -0.15) is 0 Å². The molecule has 1 aromatic rings. The van der Waals surface area contributed by atoms with E-state index in [0.717, 1.165) is 0 Å². The normalized spacial score (nSPS) is 13.8. The molecule has 16 heavy (non-hydrogen) atoms. The summed E-state index contributed by atoms with van der Waals surface area (Å²) in [5, 5.41) is 0. The van der Waals surface area contributed by atoms with Gasteiger partial charge in [0.2, 0.25) is 0 Å². The Morgan fingerprint density at radius 3 is 2.69 bits per heavy atom. The Bertz CT molecular complexity index is 396. The second-order valence-electron chi connectivity index (χ2n) is 3.01. The zero-order valence-electron chi connectivity index (χ0n) is 8.70. The Labute approximate surface area is 94.8 Å². The summed E-state index contributed by atoms with van der Waals surface area (Å²) in [5.41, 5.74) is 0. The van der Waals surface area contributed by atoms with E-state index in [9.17, 15) is 9.46 Å². The fourth-order valence-corrected chi connectivity index (χ4v) is 1.80. The summed E-state index contributed by atoms with van der Waals surface area (Å²) in [6.45, 7) is 0.102. The van der Waals surface area contributed by atoms with Gasteiger partial charge in [0.15, 0.2) is 0 Å². The summed E-state index contributed by atoms with van der Waals surface area (Å²) in [4.78, 5) is 9.33. The smallest absolute Gasteiger partial charge is 0.404 e. The Morgan fingerprint density at radius 2 is 2.06 bits per heavy atom. The number of hydrogen-bond donors (Lipinski definition) is 1. The molecule has 1 aromatic carbocycles. The predicted octanol–water partition coefficient (Wildman–Crippen LogP) is 2.60. The van der Waals surface area contributed by atoms with Crippen molar-refractivity contribution in [3.05, 3.63) is 30.3 Å². The number of phosphoric ester groups is 1. The van der Waals surface area contributed by atoms with Crippen LogP contribution in [0.5, 0.6) is 5.75 Å². The third-order valence-corrected chi connectivity index (χ3v) is 2.63. The number of phosphoric acid groups is 1. The summed E-state index contributed by atoms with van der Waals surface area (Å²) in [6, 6.07) is 8.34. The van der Waals surface area contributed by atoms with Gasteiger partial charge in [0, 0.05) is 6.42 Å². The first-order chi connectivity index (χ1) is 7.64. The van der Waals surface area contributed by atoms with Crippen LogP contribution in [-0.2, 0) is 9.09 Å². The molecule has 0 heterocycles. The van der Waals surface area contributed by atoms with Gasteiger partial charge in [-0.05, 0) is 18.6 Å². The van der Waals surface area contributed by atoms with E-state index in [4.69, 9.17) is 15.5 Å². The van der Waals surface area contributed by atoms with E-state index in [0.29, 0.717) is 18.6 Å². The maximum atomic E-state index is 11.4. The number of para-hydroxylation sites is 1. The Kier molecular flexibility index (Phi) is 5.07. The number of hydrogen-bond acceptors (Lipinski definition) is 3. The molecule has 86 valence electrons. The summed E-state index contributed by atoms with van der Waals surface area (Å²) in [7, 11) is -4.02. The summed E-state index contributed by atoms with van der Waals surface area (Å²) >= 11 is 0. The zero-order valence-corrected chi connectivity index (χ0v) is 9.60. The van der Waals surface area contributed by atoms with Crippen molar-refractivity contribution in [2.24, 2.45) is 0 Å². The number of terminal acetylenes is 1. The molecule has 0 aromatic heterocycles. The van der Waals surface area contributed by atoms with Gasteiger partial charge in [0.05, 0.1) is 6.61 Å². The fraction of sp³-hybridized carbons (Fsp3) is 0.273. The molecule has 1 unspecified atom stereocenters. The molecule has 0 saturated carbocycles. The molecule has 0 amide bonds. The van der Waals surface area contributed by atoms with E-state index in [2.05, 4.69) is 5.92 Å². The van der Waals surface area contributed by atoms with Crippen LogP contribution in [0.2, 0.25) is 0 Å². The topological polar surface area (TPSA) is 55.8 Å². The van der Waals surface area contributed by atoms with Crippen LogP contribution < -0.4 is 4.52 Å². The molecule has 0 saturated heterocycles. The molecule has 1 rings (SSSR count). The summed E-state index contributed by atoms with van der Waals surface area (Å²) < 4.78 is 21.0. The van der Waals surface area contributed by atoms with Crippen LogP contribution in [0.25, 0.3) is 0 Å². The first kappa shape index (κ1) is 12.8. The maximum Gasteiger partial charge on any atom is 0.527 e. The number of rotatable bonds is 6. The molecule has 0 fully saturated rings. The van der Waals surface area contributed by atoms with E-state index < -0.39 is 7.82 Å². The molecule has 1 N–H and O–H groups in total. The highest BCUT2D eigenvalue weighted by Gasteiger charge is 2.22. The van der Waals surface area contributed by atoms with Crippen molar-refractivity contribution >= 4 is 7.82 Å². The predicted molar refractivity (Wildman–Crippen MR) is 60.9 cm³/mol. The van der Waals surface area contributed by atoms with Crippen molar-refractivity contribution in [3.8, 4) is 18.1 Å². The summed E-state index contributed by atoms with van der Waals surface area (Å²) in [6.07, 6.45) is 6.07. The van der Waals surface area contributed by atoms with Gasteiger partial charge in [0.25, 0.3) is 0 Å². The third kappa shape index (κ3) is 4.99. The Morgan fingerprint density at radius 1 is 1.38 bits per heavy atom. The van der Waals surface area contributed by atoms with Crippen molar-refractivity contribution in [3.63, 3.8) is 0 Å². The van der Waals surface area contributed by atoms with Crippen molar-refractivity contribution in [2.75, 3.05) is 6.61 Å². The van der Waals surface area contributed by atoms with E-state index in [1.54, 1.807) is 30.3 Å². The highest BCUT2D eigenvalue weighted by Crippen LogP contribution is 2.43. The third-order valence-electron chi connectivity index (χ3n) is 1.68. The van der Waals surface area contributed by atoms with Crippen LogP contribution in [0.3, 0.4) is 0 Å². The zero-order chi connectivity index (χ0) is 11.9. The molecule has 1 atom stereocenters. The van der Waals surface area contributed by atoms with Crippen molar-refractivity contribution in [2.45, 2.75) is 12.8 Å². The van der Waals surface area contributed by atoms with Crippen molar-refractivity contribution in [1.82, 2.24) is 0 Å². The lowest BCUT2D eigenvalue weighted by Crippen LogP contribution is -1.98. The van der Waals surface area contributed by atoms with Crippen LogP contribution in [0.15, 0.2) is 30.3 Å². The first-order valence-electron chi connectivity index (χ1n) is 4.79. The van der Waals surface area contributed by atoms with Gasteiger partial charge >= 0.3 is 7.82 Å². The van der Waals surface area contributed by atoms with E-state index in [1.807, 2.05) is 0 Å². The van der Waals surface area contributed by atoms with Gasteiger partial charge in [-0.25, -0.2) is 4.57 Å². The molecular formula is C11H13O4P. The maximum absolute atomic E-state index is 11.4. The largest absolute Gasteiger partial charge is 0.527 e. The van der Waals surface area contributed by atoms with Crippen LogP contribution >= 0.6 is 7.82 Å². The van der Waals surface area contributed by atoms with Gasteiger partial charge < -0.3 is 4.52 Å². The second-order valence-corrected chi connectivity index (χ2v) is 4.39. The van der Waals surface area contributed by atoms with Gasteiger partial charge in [-0.1, -0.05) is 18.2 Å². The molecule has 0 bridgehead atoms. The van der Waals surface area contributed by atoms with Crippen LogP contribution in [0.4, 0.5) is 0 Å². The average molecular weight is 240 g/mol. The minimum atomic E-state index is -4.02. The van der Waals surface area contributed by atoms with E-state index in [-0.39, 0.29) is 6.61 Å². The quantitative estimate of drug-likeness (QED) is 0.471. The van der Waals surface area contributed by atoms with Crippen molar-refractivity contribution < 1.29 is 18.5 Å². The van der Waals surface area contributed by atoms with Gasteiger partial charge in [0.1, 0.15) is 5.75 Å². The van der Waals surface area contributed by atoms with Crippen molar-refractivity contribution in [1.29, 1.82) is 0 Å². The molecule has 5 heteroatoms. The second kappa shape index (κ2) is 6.34. The van der Waals surface area contributed by atoms with Crippen LogP contribution in [0.1, 0.15) is 12.8 Å². The lowest BCUT2D eigenvalue weighted by Gasteiger charge is -2.12. The van der Waals surface area contributed by atoms with E-state index in [1.165, 1.54) is 0 Å². The van der Waals surface area contributed by atoms with Gasteiger partial charge in [-0.3, -0.25) is 9.42 Å². The fourth-order valence-electron chi connectivity index (χ4n) is 0.995. The summed E-state index contributed by atoms with van der Waals surface area (Å²) in [5.74, 6) is 2.71. The molecular weight excluding hydrogens is 227 g/mol. The monoisotopic (exact) mass is 240 g/mol. The first-order valence-corrected chi connectivity index (χ1v) is 6.29. The minimum absolute atomic E-state index is 0.102. The number of unbranched alkanes of at least 4 members (excludes halogenated alkanes) is 1. The molecule has 4 nitrogen and oxygen atoms in total. The lowest BCUT2D eigenvalue weighted by molar-refractivity contribution is 0.202. The lowest BCUT2D eigenvalue weighted by atomic mass is 10.3. The Balaban J connectivity index is 2.40. The minimum Gasteiger partial charge on any atom is -0.404 e. The van der Waals surface area contributed by atoms with E-state index >= 15 is 0 Å². The van der Waals surface area contributed by atoms with Gasteiger partial charge in [-0.15, -0.1) is 12.3 Å². The Hall–Kier alpha value is -1.27. The molecule has 0 radical (unpaired) electrons. The molecule has 0 spiro atoms. The standard InChI is InChI=1S/C11H13O4P/c1-2-3-7-10-14-16(12,13)15-11-8-5-4-6-9-11/h1,4-6,8-9H,3,7,10H2,(H,12,13).